The lowest BCUT2D eigenvalue weighted by molar-refractivity contribution is -0.393. The molecule has 2 N–H and O–H groups in total. The Morgan fingerprint density at radius 3 is 1.91 bits per heavy atom. The van der Waals surface area contributed by atoms with Gasteiger partial charge in [0.15, 0.2) is 5.78 Å². The van der Waals surface area contributed by atoms with E-state index in [1.54, 1.807) is 0 Å². The Morgan fingerprint density at radius 2 is 1.23 bits per heavy atom. The van der Waals surface area contributed by atoms with Crippen LogP contribution in [0.4, 0.5) is 22.7 Å². The van der Waals surface area contributed by atoms with Crippen molar-refractivity contribution < 1.29 is 19.6 Å². The summed E-state index contributed by atoms with van der Waals surface area (Å²) in [6.45, 7) is 2.18. The zero-order valence-corrected chi connectivity index (χ0v) is 22.4. The second kappa shape index (κ2) is 10.00. The van der Waals surface area contributed by atoms with Crippen LogP contribution in [-0.4, -0.2) is 20.6 Å². The average molecular weight is 573 g/mol. The maximum Gasteiger partial charge on any atom is 0.284 e. The molecule has 11 heteroatoms. The molecule has 0 spiro atoms. The number of nitrogens with two attached hydrogens (primary N) is 1. The summed E-state index contributed by atoms with van der Waals surface area (Å²) in [5.74, 6) is -0.717. The van der Waals surface area contributed by atoms with E-state index in [4.69, 9.17) is 5.73 Å². The average Bonchev–Trinajstić information content (AvgIpc) is 3.30. The van der Waals surface area contributed by atoms with Crippen LogP contribution in [0.2, 0.25) is 0 Å². The largest absolute Gasteiger partial charge is 0.398 e. The first-order valence-corrected chi connectivity index (χ1v) is 13.0. The van der Waals surface area contributed by atoms with E-state index in [2.05, 4.69) is 67.6 Å². The molecule has 43 heavy (non-hydrogen) atoms. The molecule has 210 valence electrons. The van der Waals surface area contributed by atoms with Gasteiger partial charge >= 0.3 is 0 Å². The number of fused-ring (bicyclic) bond motifs is 7. The van der Waals surface area contributed by atoms with Crippen molar-refractivity contribution in [1.82, 2.24) is 0 Å². The minimum absolute atomic E-state index is 0.0597. The summed E-state index contributed by atoms with van der Waals surface area (Å²) >= 11 is 0. The Bertz CT molecular complexity index is 2230. The van der Waals surface area contributed by atoms with Crippen molar-refractivity contribution in [2.24, 2.45) is 0 Å². The number of nitro benzene ring substituents is 3. The number of carbonyl (C=O) groups is 1. The molecule has 0 unspecified atom stereocenters. The molecule has 11 nitrogen and oxygen atoms in total. The Balaban J connectivity index is 0.000000154. The van der Waals surface area contributed by atoms with Crippen molar-refractivity contribution in [3.8, 4) is 11.1 Å². The lowest BCUT2D eigenvalue weighted by atomic mass is 9.92. The van der Waals surface area contributed by atoms with Gasteiger partial charge in [-0.2, -0.15) is 0 Å². The van der Waals surface area contributed by atoms with Gasteiger partial charge in [0, 0.05) is 51.3 Å². The summed E-state index contributed by atoms with van der Waals surface area (Å²) in [5.41, 5.74) is 6.95. The monoisotopic (exact) mass is 572 g/mol. The summed E-state index contributed by atoms with van der Waals surface area (Å²) in [4.78, 5) is 42.8. The van der Waals surface area contributed by atoms with Gasteiger partial charge in [-0.1, -0.05) is 60.7 Å². The summed E-state index contributed by atoms with van der Waals surface area (Å²) in [6.07, 6.45) is 0. The van der Waals surface area contributed by atoms with Gasteiger partial charge in [-0.3, -0.25) is 35.1 Å². The molecule has 0 saturated heterocycles. The minimum atomic E-state index is -0.841. The summed E-state index contributed by atoms with van der Waals surface area (Å²) in [6, 6.07) is 26.2. The minimum Gasteiger partial charge on any atom is -0.398 e. The molecule has 0 heterocycles. The number of nitrogen functional groups attached to an aromatic ring is 1. The SMILES string of the molecule is Cc1c2ccccc2c(N)c2c1ccc1ccccc12.O=C1c2cc([N+](=O)[O-])ccc2-c2c1cc([N+](=O)[O-])cc2[N+](=O)[O-]. The molecule has 1 aliphatic carbocycles. The molecule has 6 aromatic carbocycles. The number of nitrogens with zero attached hydrogens (tertiary/aromatic N) is 3. The highest BCUT2D eigenvalue weighted by Gasteiger charge is 2.37. The Labute approximate surface area is 242 Å². The molecule has 1 aliphatic rings. The second-order valence-corrected chi connectivity index (χ2v) is 10.0. The Hall–Kier alpha value is -6.23. The highest BCUT2D eigenvalue weighted by Crippen LogP contribution is 2.45. The summed E-state index contributed by atoms with van der Waals surface area (Å²) in [7, 11) is 0. The van der Waals surface area contributed by atoms with E-state index in [-0.39, 0.29) is 27.9 Å². The highest BCUT2D eigenvalue weighted by molar-refractivity contribution is 6.24. The van der Waals surface area contributed by atoms with Crippen LogP contribution in [0.3, 0.4) is 0 Å². The molecular formula is C32H20N4O7. The number of aryl methyl sites for hydroxylation is 1. The number of ketones is 1. The molecule has 0 aliphatic heterocycles. The zero-order chi connectivity index (χ0) is 30.6. The lowest BCUT2D eigenvalue weighted by Crippen LogP contribution is -2.00. The van der Waals surface area contributed by atoms with Crippen molar-refractivity contribution in [1.29, 1.82) is 0 Å². The van der Waals surface area contributed by atoms with Gasteiger partial charge in [0.05, 0.1) is 26.4 Å². The first kappa shape index (κ1) is 27.0. The summed E-state index contributed by atoms with van der Waals surface area (Å²) < 4.78 is 0. The molecule has 0 atom stereocenters. The highest BCUT2D eigenvalue weighted by atomic mass is 16.6. The number of benzene rings is 6. The first-order chi connectivity index (χ1) is 20.6. The van der Waals surface area contributed by atoms with Crippen molar-refractivity contribution >= 4 is 60.9 Å². The van der Waals surface area contributed by atoms with Crippen LogP contribution in [0.5, 0.6) is 0 Å². The van der Waals surface area contributed by atoms with Crippen molar-refractivity contribution in [3.63, 3.8) is 0 Å². The van der Waals surface area contributed by atoms with Crippen LogP contribution >= 0.6 is 0 Å². The van der Waals surface area contributed by atoms with Crippen molar-refractivity contribution in [3.05, 3.63) is 138 Å². The number of nitro groups is 3. The first-order valence-electron chi connectivity index (χ1n) is 13.0. The number of anilines is 1. The number of hydrogen-bond donors (Lipinski definition) is 1. The van der Waals surface area contributed by atoms with Crippen LogP contribution in [-0.2, 0) is 0 Å². The van der Waals surface area contributed by atoms with Gasteiger partial charge in [0.2, 0.25) is 0 Å². The number of carbonyl (C=O) groups excluding carboxylic acids is 1. The fourth-order valence-electron chi connectivity index (χ4n) is 5.72. The third-order valence-corrected chi connectivity index (χ3v) is 7.71. The number of rotatable bonds is 3. The fourth-order valence-corrected chi connectivity index (χ4v) is 5.72. The standard InChI is InChI=1S/C19H15N.C13H5N3O7/c1-12-14-7-4-5-9-17(14)19(20)18-15(12)11-10-13-6-2-3-8-16(13)18;17-13-9-3-6(14(18)19)1-2-8(9)12-10(13)4-7(15(20)21)5-11(12)16(22)23/h2-11H,20H2,1H3;1-5H. The third kappa shape index (κ3) is 4.27. The molecule has 0 amide bonds. The van der Waals surface area contributed by atoms with Gasteiger partial charge in [0.25, 0.3) is 17.1 Å². The van der Waals surface area contributed by atoms with Gasteiger partial charge in [-0.25, -0.2) is 0 Å². The number of non-ortho nitro benzene ring substituents is 2. The van der Waals surface area contributed by atoms with Crippen LogP contribution in [0.1, 0.15) is 21.5 Å². The van der Waals surface area contributed by atoms with Crippen LogP contribution in [0.25, 0.3) is 43.4 Å². The van der Waals surface area contributed by atoms with Gasteiger partial charge < -0.3 is 5.73 Å². The topological polar surface area (TPSA) is 173 Å². The molecule has 0 bridgehead atoms. The van der Waals surface area contributed by atoms with E-state index >= 15 is 0 Å². The van der Waals surface area contributed by atoms with Crippen molar-refractivity contribution in [2.45, 2.75) is 6.92 Å². The van der Waals surface area contributed by atoms with Gasteiger partial charge in [-0.15, -0.1) is 0 Å². The molecular weight excluding hydrogens is 552 g/mol. The van der Waals surface area contributed by atoms with Crippen LogP contribution in [0, 0.1) is 37.3 Å². The Kier molecular flexibility index (Phi) is 6.27. The molecule has 0 fully saturated rings. The molecule has 0 saturated carbocycles. The molecule has 6 aromatic rings. The zero-order valence-electron chi connectivity index (χ0n) is 22.4. The van der Waals surface area contributed by atoms with E-state index < -0.39 is 31.9 Å². The number of hydrogen-bond acceptors (Lipinski definition) is 8. The van der Waals surface area contributed by atoms with Gasteiger partial charge in [0.1, 0.15) is 0 Å². The molecule has 0 aromatic heterocycles. The lowest BCUT2D eigenvalue weighted by Gasteiger charge is -2.13. The van der Waals surface area contributed by atoms with E-state index in [9.17, 15) is 35.1 Å². The van der Waals surface area contributed by atoms with E-state index in [0.29, 0.717) is 0 Å². The maximum atomic E-state index is 12.3. The Morgan fingerprint density at radius 1 is 0.605 bits per heavy atom. The second-order valence-electron chi connectivity index (χ2n) is 10.0. The van der Waals surface area contributed by atoms with E-state index in [1.807, 2.05) is 0 Å². The quantitative estimate of drug-likeness (QED) is 0.0738. The smallest absolute Gasteiger partial charge is 0.284 e. The van der Waals surface area contributed by atoms with E-state index in [1.165, 1.54) is 38.6 Å². The maximum absolute atomic E-state index is 12.3. The van der Waals surface area contributed by atoms with E-state index in [0.717, 1.165) is 35.3 Å². The third-order valence-electron chi connectivity index (χ3n) is 7.71. The normalized spacial score (nSPS) is 11.6. The van der Waals surface area contributed by atoms with Crippen molar-refractivity contribution in [2.75, 3.05) is 5.73 Å². The predicted molar refractivity (Wildman–Crippen MR) is 163 cm³/mol. The van der Waals surface area contributed by atoms with Crippen LogP contribution < -0.4 is 5.73 Å². The van der Waals surface area contributed by atoms with Crippen LogP contribution in [0.15, 0.2) is 91.0 Å². The molecule has 7 rings (SSSR count). The van der Waals surface area contributed by atoms with Gasteiger partial charge in [-0.05, 0) is 40.1 Å². The molecule has 0 radical (unpaired) electrons. The predicted octanol–water partition coefficient (Wildman–Crippen LogP) is 7.66. The summed E-state index contributed by atoms with van der Waals surface area (Å²) in [5, 5.41) is 40.2. The fraction of sp³-hybridized carbons (Fsp3) is 0.0312.